The fourth-order valence-corrected chi connectivity index (χ4v) is 2.41. The average molecular weight is 349 g/mol. The van der Waals surface area contributed by atoms with Gasteiger partial charge in [-0.15, -0.1) is 0 Å². The van der Waals surface area contributed by atoms with Crippen molar-refractivity contribution in [2.45, 2.75) is 73.1 Å². The van der Waals surface area contributed by atoms with Crippen molar-refractivity contribution >= 4 is 5.97 Å². The van der Waals surface area contributed by atoms with Crippen LogP contribution in [0.1, 0.15) is 73.1 Å². The standard InChI is InChI=1S/C22H36O3/c1-6-25-22(24)21(15-9-13-20(5)16-17-23)14-8-12-19(4)11-7-10-18(2)3/h10,12,15-16,23H,6-9,11,13-14,17H2,1-5H3/b19-12+,20-16+,21-15+. The number of aliphatic hydroxyl groups excluding tert-OH is 1. The van der Waals surface area contributed by atoms with E-state index in [1.54, 1.807) is 6.08 Å². The molecule has 0 aromatic carbocycles. The van der Waals surface area contributed by atoms with Crippen molar-refractivity contribution < 1.29 is 14.6 Å². The van der Waals surface area contributed by atoms with Gasteiger partial charge in [0.1, 0.15) is 0 Å². The summed E-state index contributed by atoms with van der Waals surface area (Å²) in [7, 11) is 0. The van der Waals surface area contributed by atoms with Crippen LogP contribution in [-0.2, 0) is 9.53 Å². The van der Waals surface area contributed by atoms with E-state index in [-0.39, 0.29) is 12.6 Å². The van der Waals surface area contributed by atoms with Crippen molar-refractivity contribution in [1.82, 2.24) is 0 Å². The number of hydrogen-bond donors (Lipinski definition) is 1. The first-order valence-corrected chi connectivity index (χ1v) is 9.32. The molecule has 0 aliphatic rings. The van der Waals surface area contributed by atoms with Gasteiger partial charge in [0.2, 0.25) is 0 Å². The minimum atomic E-state index is -0.207. The Bertz CT molecular complexity index is 503. The molecular formula is C22H36O3. The van der Waals surface area contributed by atoms with Gasteiger partial charge in [-0.2, -0.15) is 0 Å². The number of hydrogen-bond acceptors (Lipinski definition) is 3. The monoisotopic (exact) mass is 348 g/mol. The van der Waals surface area contributed by atoms with E-state index in [1.807, 2.05) is 19.9 Å². The molecule has 0 heterocycles. The third-order valence-electron chi connectivity index (χ3n) is 3.90. The zero-order valence-electron chi connectivity index (χ0n) is 16.7. The van der Waals surface area contributed by atoms with E-state index in [0.717, 1.165) is 43.3 Å². The lowest BCUT2D eigenvalue weighted by molar-refractivity contribution is -0.138. The highest BCUT2D eigenvalue weighted by atomic mass is 16.5. The van der Waals surface area contributed by atoms with Gasteiger partial charge in [0.15, 0.2) is 0 Å². The summed E-state index contributed by atoms with van der Waals surface area (Å²) >= 11 is 0. The maximum Gasteiger partial charge on any atom is 0.333 e. The fraction of sp³-hybridized carbons (Fsp3) is 0.591. The van der Waals surface area contributed by atoms with Crippen LogP contribution >= 0.6 is 0 Å². The normalized spacial score (nSPS) is 13.0. The zero-order valence-corrected chi connectivity index (χ0v) is 16.7. The molecule has 25 heavy (non-hydrogen) atoms. The summed E-state index contributed by atoms with van der Waals surface area (Å²) in [5.74, 6) is -0.207. The van der Waals surface area contributed by atoms with Crippen LogP contribution in [0, 0.1) is 0 Å². The highest BCUT2D eigenvalue weighted by Crippen LogP contribution is 2.15. The van der Waals surface area contributed by atoms with E-state index in [9.17, 15) is 4.79 Å². The Morgan fingerprint density at radius 1 is 0.840 bits per heavy atom. The van der Waals surface area contributed by atoms with Crippen LogP contribution in [0.15, 0.2) is 46.6 Å². The topological polar surface area (TPSA) is 46.5 Å². The van der Waals surface area contributed by atoms with Gasteiger partial charge in [0.25, 0.3) is 0 Å². The van der Waals surface area contributed by atoms with Crippen molar-refractivity contribution in [2.75, 3.05) is 13.2 Å². The van der Waals surface area contributed by atoms with Gasteiger partial charge in [-0.25, -0.2) is 4.79 Å². The lowest BCUT2D eigenvalue weighted by Crippen LogP contribution is -2.07. The molecule has 0 rings (SSSR count). The van der Waals surface area contributed by atoms with E-state index >= 15 is 0 Å². The fourth-order valence-electron chi connectivity index (χ4n) is 2.41. The second kappa shape index (κ2) is 14.7. The van der Waals surface area contributed by atoms with Crippen LogP contribution in [0.4, 0.5) is 0 Å². The third-order valence-corrected chi connectivity index (χ3v) is 3.90. The molecule has 0 saturated heterocycles. The SMILES string of the molecule is CCOC(=O)/C(=C/CC/C(C)=C/CO)CC/C=C(\C)CCC=C(C)C. The molecule has 3 heteroatoms. The zero-order chi connectivity index (χ0) is 19.1. The molecule has 3 nitrogen and oxygen atoms in total. The Hall–Kier alpha value is -1.61. The number of aliphatic hydroxyl groups is 1. The number of esters is 1. The van der Waals surface area contributed by atoms with Gasteiger partial charge in [0.05, 0.1) is 13.2 Å². The first kappa shape index (κ1) is 23.4. The molecule has 0 saturated carbocycles. The summed E-state index contributed by atoms with van der Waals surface area (Å²) in [4.78, 5) is 12.1. The Kier molecular flexibility index (Phi) is 13.8. The summed E-state index contributed by atoms with van der Waals surface area (Å²) in [5, 5.41) is 8.89. The first-order chi connectivity index (χ1) is 11.9. The molecule has 142 valence electrons. The van der Waals surface area contributed by atoms with E-state index in [1.165, 1.54) is 11.1 Å². The van der Waals surface area contributed by atoms with Gasteiger partial charge >= 0.3 is 5.97 Å². The van der Waals surface area contributed by atoms with Crippen molar-refractivity contribution in [3.8, 4) is 0 Å². The number of allylic oxidation sites excluding steroid dienone is 6. The van der Waals surface area contributed by atoms with Crippen LogP contribution in [0.2, 0.25) is 0 Å². The Morgan fingerprint density at radius 2 is 1.40 bits per heavy atom. The Morgan fingerprint density at radius 3 is 1.96 bits per heavy atom. The lowest BCUT2D eigenvalue weighted by Gasteiger charge is -2.07. The number of ether oxygens (including phenoxy) is 1. The van der Waals surface area contributed by atoms with E-state index in [0.29, 0.717) is 13.0 Å². The average Bonchev–Trinajstić information content (AvgIpc) is 2.53. The maximum atomic E-state index is 12.1. The molecule has 0 radical (unpaired) electrons. The highest BCUT2D eigenvalue weighted by molar-refractivity contribution is 5.88. The molecule has 0 fully saturated rings. The van der Waals surface area contributed by atoms with Gasteiger partial charge in [-0.1, -0.05) is 41.0 Å². The van der Waals surface area contributed by atoms with Crippen LogP contribution in [0.5, 0.6) is 0 Å². The summed E-state index contributed by atoms with van der Waals surface area (Å²) in [6.07, 6.45) is 13.6. The van der Waals surface area contributed by atoms with Crippen molar-refractivity contribution in [3.63, 3.8) is 0 Å². The predicted molar refractivity (Wildman–Crippen MR) is 106 cm³/mol. The lowest BCUT2D eigenvalue weighted by atomic mass is 10.0. The molecular weight excluding hydrogens is 312 g/mol. The van der Waals surface area contributed by atoms with Crippen molar-refractivity contribution in [2.24, 2.45) is 0 Å². The van der Waals surface area contributed by atoms with E-state index in [4.69, 9.17) is 9.84 Å². The van der Waals surface area contributed by atoms with Crippen LogP contribution < -0.4 is 0 Å². The molecule has 0 aliphatic heterocycles. The second-order valence-corrected chi connectivity index (χ2v) is 6.63. The van der Waals surface area contributed by atoms with Gasteiger partial charge < -0.3 is 9.84 Å². The minimum Gasteiger partial charge on any atom is -0.463 e. The molecule has 0 aromatic rings. The second-order valence-electron chi connectivity index (χ2n) is 6.63. The van der Waals surface area contributed by atoms with E-state index < -0.39 is 0 Å². The molecule has 0 amide bonds. The number of rotatable bonds is 12. The van der Waals surface area contributed by atoms with Crippen LogP contribution in [-0.4, -0.2) is 24.3 Å². The summed E-state index contributed by atoms with van der Waals surface area (Å²) in [6, 6.07) is 0. The third kappa shape index (κ3) is 13.4. The smallest absolute Gasteiger partial charge is 0.333 e. The van der Waals surface area contributed by atoms with Gasteiger partial charge in [-0.05, 0) is 73.1 Å². The summed E-state index contributed by atoms with van der Waals surface area (Å²) < 4.78 is 5.17. The largest absolute Gasteiger partial charge is 0.463 e. The molecule has 0 atom stereocenters. The van der Waals surface area contributed by atoms with Crippen molar-refractivity contribution in [1.29, 1.82) is 0 Å². The maximum absolute atomic E-state index is 12.1. The summed E-state index contributed by atoms with van der Waals surface area (Å²) in [6.45, 7) is 10.7. The quantitative estimate of drug-likeness (QED) is 0.281. The Labute approximate surface area is 154 Å². The van der Waals surface area contributed by atoms with E-state index in [2.05, 4.69) is 32.9 Å². The van der Waals surface area contributed by atoms with Gasteiger partial charge in [0, 0.05) is 5.57 Å². The Balaban J connectivity index is 4.60. The van der Waals surface area contributed by atoms with Crippen molar-refractivity contribution in [3.05, 3.63) is 46.6 Å². The molecule has 0 aromatic heterocycles. The minimum absolute atomic E-state index is 0.0666. The van der Waals surface area contributed by atoms with Crippen LogP contribution in [0.25, 0.3) is 0 Å². The number of carbonyl (C=O) groups excluding carboxylic acids is 1. The predicted octanol–water partition coefficient (Wildman–Crippen LogP) is 5.67. The van der Waals surface area contributed by atoms with Gasteiger partial charge in [-0.3, -0.25) is 0 Å². The summed E-state index contributed by atoms with van der Waals surface area (Å²) in [5.41, 5.74) is 4.61. The molecule has 0 unspecified atom stereocenters. The molecule has 0 spiro atoms. The molecule has 0 aliphatic carbocycles. The first-order valence-electron chi connectivity index (χ1n) is 9.32. The van der Waals surface area contributed by atoms with Crippen LogP contribution in [0.3, 0.4) is 0 Å². The highest BCUT2D eigenvalue weighted by Gasteiger charge is 2.09. The number of carbonyl (C=O) groups is 1. The molecule has 0 bridgehead atoms. The molecule has 1 N–H and O–H groups in total.